The van der Waals surface area contributed by atoms with E-state index in [1.54, 1.807) is 0 Å². The maximum absolute atomic E-state index is 5.47. The van der Waals surface area contributed by atoms with Gasteiger partial charge in [-0.1, -0.05) is 202 Å². The molecular formula is C66H44N4. The molecule has 14 rings (SSSR count). The summed E-state index contributed by atoms with van der Waals surface area (Å²) in [5, 5.41) is 9.57. The van der Waals surface area contributed by atoms with E-state index in [1.165, 1.54) is 71.1 Å². The lowest BCUT2D eigenvalue weighted by molar-refractivity contribution is 0.661. The minimum atomic E-state index is -0.176. The highest BCUT2D eigenvalue weighted by Crippen LogP contribution is 2.51. The van der Waals surface area contributed by atoms with E-state index in [4.69, 9.17) is 15.0 Å². The van der Waals surface area contributed by atoms with Crippen molar-refractivity contribution in [2.75, 3.05) is 0 Å². The molecule has 1 aliphatic carbocycles. The third-order valence-corrected chi connectivity index (χ3v) is 14.8. The quantitative estimate of drug-likeness (QED) is 0.167. The van der Waals surface area contributed by atoms with Crippen molar-refractivity contribution in [3.05, 3.63) is 242 Å². The normalized spacial score (nSPS) is 12.8. The molecule has 1 aliphatic rings. The fourth-order valence-electron chi connectivity index (χ4n) is 11.3. The van der Waals surface area contributed by atoms with Crippen LogP contribution < -0.4 is 0 Å². The summed E-state index contributed by atoms with van der Waals surface area (Å²) in [5.74, 6) is 1.80. The summed E-state index contributed by atoms with van der Waals surface area (Å²) in [7, 11) is 0. The Kier molecular flexibility index (Phi) is 8.90. The molecule has 328 valence electrons. The predicted molar refractivity (Wildman–Crippen MR) is 291 cm³/mol. The molecule has 70 heavy (non-hydrogen) atoms. The molecule has 0 atom stereocenters. The van der Waals surface area contributed by atoms with E-state index >= 15 is 0 Å². The van der Waals surface area contributed by atoms with Crippen molar-refractivity contribution in [3.63, 3.8) is 0 Å². The molecule has 13 aromatic rings. The first kappa shape index (κ1) is 40.1. The average Bonchev–Trinajstić information content (AvgIpc) is 3.86. The molecule has 0 spiro atoms. The molecule has 0 amide bonds. The van der Waals surface area contributed by atoms with Gasteiger partial charge in [-0.3, -0.25) is 4.57 Å². The SMILES string of the molecule is CC1(C)c2ccccc2-c2cc3c4ccccc4n(-c4nc(-c5ccccc5)nc(-c5cccc(-c6c(-c7ccc8ccccc8c7)ccc7ccc(-c8ccc9ccccc9c8)cc67)c5)n4)c3cc21. The number of aromatic nitrogens is 4. The topological polar surface area (TPSA) is 43.6 Å². The van der Waals surface area contributed by atoms with Crippen LogP contribution in [-0.2, 0) is 5.41 Å². The lowest BCUT2D eigenvalue weighted by Gasteiger charge is -2.21. The standard InChI is InChI=1S/C66H44N4/c1-66(2)58-25-12-10-23-53(58)56-39-57-54-24-11-13-26-60(54)70(61(57)40-59(56)66)65-68-63(44-17-4-3-5-18-44)67-64(69-65)51-22-14-21-50(37-51)62-52(49-32-28-42-16-7-9-20-46(42)36-49)34-33-43-29-31-48(38-55(43)62)47-30-27-41-15-6-8-19-45(41)35-47/h3-40H,1-2H3. The van der Waals surface area contributed by atoms with Crippen LogP contribution in [0.25, 0.3) is 127 Å². The van der Waals surface area contributed by atoms with Crippen molar-refractivity contribution in [1.29, 1.82) is 0 Å². The van der Waals surface area contributed by atoms with Gasteiger partial charge in [-0.15, -0.1) is 0 Å². The summed E-state index contributed by atoms with van der Waals surface area (Å²) in [6.07, 6.45) is 0. The second kappa shape index (κ2) is 15.5. The molecule has 4 heteroatoms. The van der Waals surface area contributed by atoms with Gasteiger partial charge in [-0.2, -0.15) is 9.97 Å². The Morgan fingerprint density at radius 2 is 0.914 bits per heavy atom. The van der Waals surface area contributed by atoms with Gasteiger partial charge in [0.1, 0.15) is 0 Å². The first-order chi connectivity index (χ1) is 34.4. The number of hydrogen-bond acceptors (Lipinski definition) is 3. The summed E-state index contributed by atoms with van der Waals surface area (Å²) in [6.45, 7) is 4.67. The molecule has 0 N–H and O–H groups in total. The third kappa shape index (κ3) is 6.34. The van der Waals surface area contributed by atoms with Crippen molar-refractivity contribution in [2.45, 2.75) is 19.3 Å². The molecular weight excluding hydrogens is 849 g/mol. The predicted octanol–water partition coefficient (Wildman–Crippen LogP) is 17.1. The third-order valence-electron chi connectivity index (χ3n) is 14.8. The molecule has 2 aromatic heterocycles. The molecule has 0 bridgehead atoms. The van der Waals surface area contributed by atoms with E-state index in [2.05, 4.69) is 231 Å². The fraction of sp³-hybridized carbons (Fsp3) is 0.0455. The summed E-state index contributed by atoms with van der Waals surface area (Å²) in [6, 6.07) is 83.6. The second-order valence-corrected chi connectivity index (χ2v) is 19.2. The van der Waals surface area contributed by atoms with Crippen LogP contribution in [0.3, 0.4) is 0 Å². The molecule has 4 nitrogen and oxygen atoms in total. The largest absolute Gasteiger partial charge is 0.278 e. The molecule has 0 radical (unpaired) electrons. The molecule has 0 saturated heterocycles. The lowest BCUT2D eigenvalue weighted by atomic mass is 9.82. The Labute approximate surface area is 405 Å². The van der Waals surface area contributed by atoms with Crippen molar-refractivity contribution in [1.82, 2.24) is 19.5 Å². The van der Waals surface area contributed by atoms with E-state index in [1.807, 2.05) is 18.2 Å². The summed E-state index contributed by atoms with van der Waals surface area (Å²) in [5.41, 5.74) is 15.9. The van der Waals surface area contributed by atoms with Crippen LogP contribution in [0.15, 0.2) is 231 Å². The number of nitrogens with zero attached hydrogens (tertiary/aromatic N) is 4. The van der Waals surface area contributed by atoms with Gasteiger partial charge in [-0.05, 0) is 130 Å². The van der Waals surface area contributed by atoms with E-state index < -0.39 is 0 Å². The van der Waals surface area contributed by atoms with E-state index in [9.17, 15) is 0 Å². The van der Waals surface area contributed by atoms with Crippen molar-refractivity contribution in [2.24, 2.45) is 0 Å². The van der Waals surface area contributed by atoms with Crippen molar-refractivity contribution in [3.8, 4) is 73.2 Å². The van der Waals surface area contributed by atoms with E-state index in [-0.39, 0.29) is 5.41 Å². The summed E-state index contributed by atoms with van der Waals surface area (Å²) >= 11 is 0. The average molecular weight is 893 g/mol. The number of rotatable bonds is 6. The van der Waals surface area contributed by atoms with Gasteiger partial charge in [0.25, 0.3) is 0 Å². The zero-order chi connectivity index (χ0) is 46.5. The molecule has 0 saturated carbocycles. The van der Waals surface area contributed by atoms with Crippen LogP contribution in [0.1, 0.15) is 25.0 Å². The maximum Gasteiger partial charge on any atom is 0.238 e. The molecule has 11 aromatic carbocycles. The Bertz CT molecular complexity index is 4270. The zero-order valence-corrected chi connectivity index (χ0v) is 38.7. The van der Waals surface area contributed by atoms with Crippen LogP contribution in [0, 0.1) is 0 Å². The van der Waals surface area contributed by atoms with E-state index in [0.29, 0.717) is 17.6 Å². The highest BCUT2D eigenvalue weighted by molar-refractivity contribution is 6.12. The highest BCUT2D eigenvalue weighted by Gasteiger charge is 2.36. The maximum atomic E-state index is 5.47. The summed E-state index contributed by atoms with van der Waals surface area (Å²) in [4.78, 5) is 16.1. The van der Waals surface area contributed by atoms with Gasteiger partial charge in [0.15, 0.2) is 11.6 Å². The number of benzene rings is 11. The summed E-state index contributed by atoms with van der Waals surface area (Å²) < 4.78 is 2.25. The van der Waals surface area contributed by atoms with Crippen LogP contribution in [0.5, 0.6) is 0 Å². The Morgan fingerprint density at radius 1 is 0.314 bits per heavy atom. The Hall–Kier alpha value is -8.99. The minimum absolute atomic E-state index is 0.176. The Balaban J connectivity index is 0.992. The second-order valence-electron chi connectivity index (χ2n) is 19.2. The van der Waals surface area contributed by atoms with Gasteiger partial charge >= 0.3 is 0 Å². The first-order valence-electron chi connectivity index (χ1n) is 24.1. The van der Waals surface area contributed by atoms with Gasteiger partial charge in [-0.25, -0.2) is 4.98 Å². The lowest BCUT2D eigenvalue weighted by Crippen LogP contribution is -2.15. The van der Waals surface area contributed by atoms with Crippen molar-refractivity contribution >= 4 is 54.1 Å². The first-order valence-corrected chi connectivity index (χ1v) is 24.1. The molecule has 0 aliphatic heterocycles. The minimum Gasteiger partial charge on any atom is -0.278 e. The number of fused-ring (bicyclic) bond motifs is 9. The molecule has 0 fully saturated rings. The Morgan fingerprint density at radius 3 is 1.71 bits per heavy atom. The fourth-order valence-corrected chi connectivity index (χ4v) is 11.3. The van der Waals surface area contributed by atoms with Gasteiger partial charge < -0.3 is 0 Å². The smallest absolute Gasteiger partial charge is 0.238 e. The van der Waals surface area contributed by atoms with Crippen LogP contribution >= 0.6 is 0 Å². The van der Waals surface area contributed by atoms with E-state index in [0.717, 1.165) is 49.8 Å². The molecule has 2 heterocycles. The number of para-hydroxylation sites is 1. The van der Waals surface area contributed by atoms with Gasteiger partial charge in [0.2, 0.25) is 5.95 Å². The zero-order valence-electron chi connectivity index (χ0n) is 38.7. The van der Waals surface area contributed by atoms with Gasteiger partial charge in [0, 0.05) is 27.3 Å². The van der Waals surface area contributed by atoms with Crippen LogP contribution in [0.4, 0.5) is 0 Å². The molecule has 0 unspecified atom stereocenters. The highest BCUT2D eigenvalue weighted by atomic mass is 15.2. The van der Waals surface area contributed by atoms with Crippen LogP contribution in [0.2, 0.25) is 0 Å². The van der Waals surface area contributed by atoms with Crippen LogP contribution in [-0.4, -0.2) is 19.5 Å². The number of hydrogen-bond donors (Lipinski definition) is 0. The monoisotopic (exact) mass is 892 g/mol. The van der Waals surface area contributed by atoms with Gasteiger partial charge in [0.05, 0.1) is 11.0 Å². The van der Waals surface area contributed by atoms with Crippen molar-refractivity contribution < 1.29 is 0 Å².